The molecule has 0 aliphatic carbocycles. The van der Waals surface area contributed by atoms with Crippen molar-refractivity contribution >= 4 is 40.1 Å². The maximum absolute atomic E-state index is 12.9. The van der Waals surface area contributed by atoms with Gasteiger partial charge in [-0.05, 0) is 49.4 Å². The van der Waals surface area contributed by atoms with Crippen LogP contribution in [-0.4, -0.2) is 23.0 Å². The van der Waals surface area contributed by atoms with Gasteiger partial charge in [0.25, 0.3) is 5.91 Å². The fourth-order valence-corrected chi connectivity index (χ4v) is 3.17. The molecular weight excluding hydrogens is 404 g/mol. The largest absolute Gasteiger partial charge is 0.463 e. The molecule has 0 bridgehead atoms. The molecule has 0 spiro atoms. The topological polar surface area (TPSA) is 81.4 Å². The summed E-state index contributed by atoms with van der Waals surface area (Å²) in [6, 6.07) is 19.0. The number of hydrogen-bond acceptors (Lipinski definition) is 5. The predicted molar refractivity (Wildman–Crippen MR) is 114 cm³/mol. The molecule has 1 unspecified atom stereocenters. The number of aromatic nitrogens is 1. The number of para-hydroxylation sites is 1. The van der Waals surface area contributed by atoms with Gasteiger partial charge >= 0.3 is 5.97 Å². The molecule has 0 aliphatic heterocycles. The molecule has 0 aliphatic rings. The Kier molecular flexibility index (Phi) is 5.50. The Labute approximate surface area is 177 Å². The quantitative estimate of drug-likeness (QED) is 0.441. The van der Waals surface area contributed by atoms with Gasteiger partial charge in [-0.2, -0.15) is 0 Å². The number of esters is 1. The number of carbonyl (C=O) groups is 2. The molecule has 2 aromatic carbocycles. The number of amides is 1. The molecule has 7 heteroatoms. The van der Waals surface area contributed by atoms with E-state index in [1.807, 2.05) is 12.1 Å². The Morgan fingerprint density at radius 3 is 2.67 bits per heavy atom. The third-order valence-corrected chi connectivity index (χ3v) is 4.69. The summed E-state index contributed by atoms with van der Waals surface area (Å²) in [5, 5.41) is 3.80. The number of rotatable bonds is 5. The molecular formula is C23H17ClN2O4. The standard InChI is InChI=1S/C23H17ClN2O4/c1-14(22(27)25-16-7-4-6-15(24)12-16)30-23(28)18-13-20(21-10-5-11-29-21)26-19-9-3-2-8-17(18)19/h2-14H,1H3,(H,25,27). The summed E-state index contributed by atoms with van der Waals surface area (Å²) >= 11 is 5.93. The van der Waals surface area contributed by atoms with Crippen molar-refractivity contribution in [2.45, 2.75) is 13.0 Å². The number of nitrogens with one attached hydrogen (secondary N) is 1. The number of fused-ring (bicyclic) bond motifs is 1. The van der Waals surface area contributed by atoms with Crippen LogP contribution in [0.4, 0.5) is 5.69 Å². The van der Waals surface area contributed by atoms with E-state index in [1.54, 1.807) is 54.6 Å². The van der Waals surface area contributed by atoms with Crippen LogP contribution >= 0.6 is 11.6 Å². The molecule has 2 heterocycles. The SMILES string of the molecule is CC(OC(=O)c1cc(-c2ccco2)nc2ccccc12)C(=O)Nc1cccc(Cl)c1. The van der Waals surface area contributed by atoms with Crippen LogP contribution in [0.1, 0.15) is 17.3 Å². The van der Waals surface area contributed by atoms with Crippen LogP contribution < -0.4 is 5.32 Å². The minimum Gasteiger partial charge on any atom is -0.463 e. The van der Waals surface area contributed by atoms with E-state index in [4.69, 9.17) is 20.8 Å². The number of hydrogen-bond donors (Lipinski definition) is 1. The van der Waals surface area contributed by atoms with Gasteiger partial charge in [-0.1, -0.05) is 35.9 Å². The maximum Gasteiger partial charge on any atom is 0.339 e. The number of anilines is 1. The van der Waals surface area contributed by atoms with Crippen molar-refractivity contribution in [2.24, 2.45) is 0 Å². The summed E-state index contributed by atoms with van der Waals surface area (Å²) in [4.78, 5) is 29.9. The van der Waals surface area contributed by atoms with Gasteiger partial charge in [-0.25, -0.2) is 9.78 Å². The van der Waals surface area contributed by atoms with Crippen molar-refractivity contribution in [1.29, 1.82) is 0 Å². The Morgan fingerprint density at radius 2 is 1.90 bits per heavy atom. The lowest BCUT2D eigenvalue weighted by Gasteiger charge is -2.15. The van der Waals surface area contributed by atoms with Crippen LogP contribution in [-0.2, 0) is 9.53 Å². The minimum absolute atomic E-state index is 0.300. The molecule has 150 valence electrons. The first-order valence-corrected chi connectivity index (χ1v) is 9.60. The zero-order valence-electron chi connectivity index (χ0n) is 16.0. The molecule has 30 heavy (non-hydrogen) atoms. The molecule has 1 atom stereocenters. The van der Waals surface area contributed by atoms with Gasteiger partial charge in [-0.15, -0.1) is 0 Å². The molecule has 1 amide bonds. The summed E-state index contributed by atoms with van der Waals surface area (Å²) < 4.78 is 10.8. The zero-order valence-corrected chi connectivity index (χ0v) is 16.7. The predicted octanol–water partition coefficient (Wildman–Crippen LogP) is 5.33. The minimum atomic E-state index is -1.02. The summed E-state index contributed by atoms with van der Waals surface area (Å²) in [5.74, 6) is -0.563. The van der Waals surface area contributed by atoms with Crippen LogP contribution in [0.25, 0.3) is 22.4 Å². The van der Waals surface area contributed by atoms with Gasteiger partial charge in [0.2, 0.25) is 0 Å². The number of halogens is 1. The Balaban J connectivity index is 1.58. The average molecular weight is 421 g/mol. The first kappa shape index (κ1) is 19.7. The lowest BCUT2D eigenvalue weighted by atomic mass is 10.1. The van der Waals surface area contributed by atoms with E-state index in [1.165, 1.54) is 13.2 Å². The third-order valence-electron chi connectivity index (χ3n) is 4.45. The van der Waals surface area contributed by atoms with E-state index in [-0.39, 0.29) is 0 Å². The molecule has 0 saturated carbocycles. The van der Waals surface area contributed by atoms with Gasteiger partial charge in [0.05, 0.1) is 17.3 Å². The van der Waals surface area contributed by atoms with Crippen molar-refractivity contribution in [3.8, 4) is 11.5 Å². The zero-order chi connectivity index (χ0) is 21.1. The molecule has 6 nitrogen and oxygen atoms in total. The summed E-state index contributed by atoms with van der Waals surface area (Å²) in [5.41, 5.74) is 1.94. The average Bonchev–Trinajstić information content (AvgIpc) is 3.28. The number of nitrogens with zero attached hydrogens (tertiary/aromatic N) is 1. The monoisotopic (exact) mass is 420 g/mol. The van der Waals surface area contributed by atoms with Gasteiger partial charge < -0.3 is 14.5 Å². The molecule has 0 saturated heterocycles. The van der Waals surface area contributed by atoms with E-state index >= 15 is 0 Å². The van der Waals surface area contributed by atoms with Gasteiger partial charge in [0, 0.05) is 16.1 Å². The van der Waals surface area contributed by atoms with Gasteiger partial charge in [0.1, 0.15) is 5.69 Å². The van der Waals surface area contributed by atoms with Crippen molar-refractivity contribution in [3.63, 3.8) is 0 Å². The lowest BCUT2D eigenvalue weighted by molar-refractivity contribution is -0.123. The third kappa shape index (κ3) is 4.18. The Hall–Kier alpha value is -3.64. The lowest BCUT2D eigenvalue weighted by Crippen LogP contribution is -2.30. The molecule has 4 rings (SSSR count). The highest BCUT2D eigenvalue weighted by atomic mass is 35.5. The smallest absolute Gasteiger partial charge is 0.339 e. The van der Waals surface area contributed by atoms with E-state index in [0.717, 1.165) is 0 Å². The van der Waals surface area contributed by atoms with Crippen molar-refractivity contribution < 1.29 is 18.7 Å². The second kappa shape index (κ2) is 8.39. The van der Waals surface area contributed by atoms with E-state index in [9.17, 15) is 9.59 Å². The van der Waals surface area contributed by atoms with Gasteiger partial charge in [-0.3, -0.25) is 4.79 Å². The second-order valence-electron chi connectivity index (χ2n) is 6.60. The first-order valence-electron chi connectivity index (χ1n) is 9.22. The van der Waals surface area contributed by atoms with Crippen molar-refractivity contribution in [3.05, 3.63) is 83.6 Å². The highest BCUT2D eigenvalue weighted by Gasteiger charge is 2.22. The van der Waals surface area contributed by atoms with Crippen LogP contribution in [0.3, 0.4) is 0 Å². The fraction of sp³-hybridized carbons (Fsp3) is 0.0870. The molecule has 1 N–H and O–H groups in total. The van der Waals surface area contributed by atoms with Crippen LogP contribution in [0.2, 0.25) is 5.02 Å². The summed E-state index contributed by atoms with van der Waals surface area (Å²) in [7, 11) is 0. The first-order chi connectivity index (χ1) is 14.5. The summed E-state index contributed by atoms with van der Waals surface area (Å²) in [6.07, 6.45) is 0.516. The highest BCUT2D eigenvalue weighted by Crippen LogP contribution is 2.26. The number of benzene rings is 2. The highest BCUT2D eigenvalue weighted by molar-refractivity contribution is 6.30. The Bertz CT molecular complexity index is 1220. The number of furan rings is 1. The van der Waals surface area contributed by atoms with Crippen molar-refractivity contribution in [1.82, 2.24) is 4.98 Å². The summed E-state index contributed by atoms with van der Waals surface area (Å²) in [6.45, 7) is 1.51. The number of pyridine rings is 1. The Morgan fingerprint density at radius 1 is 1.07 bits per heavy atom. The van der Waals surface area contributed by atoms with E-state index in [2.05, 4.69) is 10.3 Å². The van der Waals surface area contributed by atoms with Crippen molar-refractivity contribution in [2.75, 3.05) is 5.32 Å². The molecule has 4 aromatic rings. The number of carbonyl (C=O) groups excluding carboxylic acids is 2. The van der Waals surface area contributed by atoms with Crippen LogP contribution in [0, 0.1) is 0 Å². The normalized spacial score (nSPS) is 11.8. The molecule has 0 radical (unpaired) electrons. The number of ether oxygens (including phenoxy) is 1. The van der Waals surface area contributed by atoms with E-state index in [0.29, 0.717) is 38.6 Å². The fourth-order valence-electron chi connectivity index (χ4n) is 2.98. The van der Waals surface area contributed by atoms with Gasteiger partial charge in [0.15, 0.2) is 11.9 Å². The second-order valence-corrected chi connectivity index (χ2v) is 7.03. The van der Waals surface area contributed by atoms with Crippen LogP contribution in [0.15, 0.2) is 77.4 Å². The van der Waals surface area contributed by atoms with E-state index < -0.39 is 18.0 Å². The molecule has 2 aromatic heterocycles. The maximum atomic E-state index is 12.9. The van der Waals surface area contributed by atoms with Crippen LogP contribution in [0.5, 0.6) is 0 Å². The molecule has 0 fully saturated rings.